The molecular formula is C39H54F3N7O3. The number of rotatable bonds is 7. The van der Waals surface area contributed by atoms with Gasteiger partial charge in [-0.05, 0) is 107 Å². The van der Waals surface area contributed by atoms with E-state index < -0.39 is 23.8 Å². The summed E-state index contributed by atoms with van der Waals surface area (Å²) in [4.78, 5) is 51.3. The summed E-state index contributed by atoms with van der Waals surface area (Å²) in [5.41, 5.74) is 3.65. The van der Waals surface area contributed by atoms with Crippen LogP contribution in [-0.2, 0) is 30.2 Å². The number of piperazine rings is 1. The van der Waals surface area contributed by atoms with Crippen molar-refractivity contribution in [2.24, 2.45) is 0 Å². The fraction of sp³-hybridized carbons (Fsp3) is 0.615. The summed E-state index contributed by atoms with van der Waals surface area (Å²) < 4.78 is 42.3. The van der Waals surface area contributed by atoms with Gasteiger partial charge in [0.05, 0.1) is 5.56 Å². The Morgan fingerprint density at radius 3 is 2.19 bits per heavy atom. The summed E-state index contributed by atoms with van der Waals surface area (Å²) in [5.74, 6) is -0.269. The van der Waals surface area contributed by atoms with Crippen LogP contribution < -0.4 is 10.6 Å². The SMILES string of the molecule is CCc1cc(C)c(C[C@@H](NC(=O)N2CCC(N3CCc4cc(C)ccc4NC3=O)CC2)C(=O)N2CCN(C3CCN(C)CC3)CC2)cc1C(F)(F)F. The Morgan fingerprint density at radius 2 is 1.54 bits per heavy atom. The van der Waals surface area contributed by atoms with Crippen molar-refractivity contribution in [3.63, 3.8) is 0 Å². The van der Waals surface area contributed by atoms with Crippen molar-refractivity contribution in [1.29, 1.82) is 0 Å². The van der Waals surface area contributed by atoms with Crippen molar-refractivity contribution >= 4 is 23.7 Å². The van der Waals surface area contributed by atoms with E-state index in [1.165, 1.54) is 0 Å². The number of likely N-dealkylation sites (tertiary alicyclic amines) is 2. The first kappa shape index (κ1) is 37.9. The number of nitrogens with zero attached hydrogens (tertiary/aromatic N) is 5. The second-order valence-electron chi connectivity index (χ2n) is 15.1. The van der Waals surface area contributed by atoms with E-state index in [0.29, 0.717) is 62.7 Å². The molecule has 4 aliphatic rings. The van der Waals surface area contributed by atoms with Crippen molar-refractivity contribution in [3.8, 4) is 0 Å². The highest BCUT2D eigenvalue weighted by Gasteiger charge is 2.37. The quantitative estimate of drug-likeness (QED) is 0.405. The lowest BCUT2D eigenvalue weighted by molar-refractivity contribution is -0.138. The first-order valence-corrected chi connectivity index (χ1v) is 18.9. The zero-order valence-corrected chi connectivity index (χ0v) is 31.0. The van der Waals surface area contributed by atoms with Crippen LogP contribution in [0.15, 0.2) is 30.3 Å². The summed E-state index contributed by atoms with van der Waals surface area (Å²) in [6, 6.07) is 7.60. The Kier molecular flexibility index (Phi) is 11.7. The molecule has 10 nitrogen and oxygen atoms in total. The third-order valence-corrected chi connectivity index (χ3v) is 11.7. The van der Waals surface area contributed by atoms with Crippen LogP contribution in [0, 0.1) is 13.8 Å². The van der Waals surface area contributed by atoms with Gasteiger partial charge in [-0.25, -0.2) is 9.59 Å². The second kappa shape index (κ2) is 16.0. The number of amides is 5. The van der Waals surface area contributed by atoms with Crippen LogP contribution in [0.25, 0.3) is 0 Å². The molecular weight excluding hydrogens is 671 g/mol. The predicted molar refractivity (Wildman–Crippen MR) is 195 cm³/mol. The molecule has 284 valence electrons. The molecule has 0 spiro atoms. The van der Waals surface area contributed by atoms with E-state index in [-0.39, 0.29) is 36.4 Å². The summed E-state index contributed by atoms with van der Waals surface area (Å²) >= 11 is 0. The first-order chi connectivity index (χ1) is 24.8. The lowest BCUT2D eigenvalue weighted by Crippen LogP contribution is -2.59. The lowest BCUT2D eigenvalue weighted by atomic mass is 9.93. The number of hydrogen-bond donors (Lipinski definition) is 2. The molecule has 0 bridgehead atoms. The van der Waals surface area contributed by atoms with E-state index in [2.05, 4.69) is 33.5 Å². The van der Waals surface area contributed by atoms with Gasteiger partial charge < -0.3 is 30.2 Å². The predicted octanol–water partition coefficient (Wildman–Crippen LogP) is 5.30. The van der Waals surface area contributed by atoms with Crippen molar-refractivity contribution in [1.82, 2.24) is 29.8 Å². The average molecular weight is 726 g/mol. The number of urea groups is 2. The summed E-state index contributed by atoms with van der Waals surface area (Å²) in [5, 5.41) is 6.01. The maximum Gasteiger partial charge on any atom is 0.416 e. The normalized spacial score (nSPS) is 20.7. The van der Waals surface area contributed by atoms with Gasteiger partial charge in [-0.15, -0.1) is 0 Å². The highest BCUT2D eigenvalue weighted by molar-refractivity contribution is 5.91. The van der Waals surface area contributed by atoms with Crippen LogP contribution in [-0.4, -0.2) is 127 Å². The number of carbonyl (C=O) groups excluding carboxylic acids is 3. The van der Waals surface area contributed by atoms with Gasteiger partial charge in [0.1, 0.15) is 6.04 Å². The van der Waals surface area contributed by atoms with Crippen molar-refractivity contribution in [2.45, 2.75) is 90.0 Å². The van der Waals surface area contributed by atoms with Crippen LogP contribution in [0.1, 0.15) is 66.0 Å². The van der Waals surface area contributed by atoms with Crippen molar-refractivity contribution in [3.05, 3.63) is 63.7 Å². The van der Waals surface area contributed by atoms with Gasteiger partial charge in [0, 0.05) is 70.0 Å². The van der Waals surface area contributed by atoms with Gasteiger partial charge in [0.15, 0.2) is 0 Å². The Labute approximate surface area is 305 Å². The maximum absolute atomic E-state index is 14.2. The second-order valence-corrected chi connectivity index (χ2v) is 15.1. The fourth-order valence-corrected chi connectivity index (χ4v) is 8.45. The Bertz CT molecular complexity index is 1610. The first-order valence-electron chi connectivity index (χ1n) is 18.9. The zero-order chi connectivity index (χ0) is 37.2. The van der Waals surface area contributed by atoms with Crippen LogP contribution in [0.3, 0.4) is 0 Å². The molecule has 6 rings (SSSR count). The molecule has 0 aliphatic carbocycles. The molecule has 2 N–H and O–H groups in total. The topological polar surface area (TPSA) is 91.5 Å². The minimum atomic E-state index is -4.53. The molecule has 2 aromatic rings. The van der Waals surface area contributed by atoms with E-state index in [1.807, 2.05) is 24.0 Å². The van der Waals surface area contributed by atoms with Gasteiger partial charge in [-0.2, -0.15) is 13.2 Å². The fourth-order valence-electron chi connectivity index (χ4n) is 8.45. The van der Waals surface area contributed by atoms with Crippen LogP contribution in [0.5, 0.6) is 0 Å². The molecule has 0 unspecified atom stereocenters. The summed E-state index contributed by atoms with van der Waals surface area (Å²) in [6.07, 6.45) is -0.255. The third kappa shape index (κ3) is 8.68. The van der Waals surface area contributed by atoms with Crippen LogP contribution in [0.4, 0.5) is 28.4 Å². The molecule has 2 aromatic carbocycles. The molecule has 0 saturated carbocycles. The average Bonchev–Trinajstić information content (AvgIpc) is 3.29. The van der Waals surface area contributed by atoms with Crippen LogP contribution in [0.2, 0.25) is 0 Å². The van der Waals surface area contributed by atoms with E-state index in [1.54, 1.807) is 29.7 Å². The van der Waals surface area contributed by atoms with E-state index >= 15 is 0 Å². The monoisotopic (exact) mass is 725 g/mol. The number of hydrogen-bond acceptors (Lipinski definition) is 5. The molecule has 52 heavy (non-hydrogen) atoms. The summed E-state index contributed by atoms with van der Waals surface area (Å²) in [7, 11) is 2.13. The molecule has 4 aliphatic heterocycles. The largest absolute Gasteiger partial charge is 0.416 e. The molecule has 13 heteroatoms. The number of anilines is 1. The van der Waals surface area contributed by atoms with Gasteiger partial charge in [0.25, 0.3) is 0 Å². The van der Waals surface area contributed by atoms with Crippen LogP contribution >= 0.6 is 0 Å². The molecule has 1 atom stereocenters. The maximum atomic E-state index is 14.2. The standard InChI is InChI=1S/C39H54F3N7O3/c1-5-28-23-27(3)30(24-33(28)39(40,41)42)25-35(36(50)47-20-18-46(19-21-47)31-9-13-45(4)14-10-31)44-37(51)48-15-11-32(12-16-48)49-17-8-29-22-26(2)6-7-34(29)43-38(49)52/h6-7,22-24,31-32,35H,5,8-21,25H2,1-4H3,(H,43,52)(H,44,51)/t35-/m1/s1. The van der Waals surface area contributed by atoms with Gasteiger partial charge >= 0.3 is 18.2 Å². The Hall–Kier alpha value is -3.84. The Balaban J connectivity index is 1.13. The minimum absolute atomic E-state index is 0.0386. The van der Waals surface area contributed by atoms with Gasteiger partial charge in [0.2, 0.25) is 5.91 Å². The number of halogens is 3. The molecule has 3 fully saturated rings. The molecule has 3 saturated heterocycles. The summed E-state index contributed by atoms with van der Waals surface area (Å²) in [6.45, 7) is 11.4. The molecule has 4 heterocycles. The highest BCUT2D eigenvalue weighted by atomic mass is 19.4. The van der Waals surface area contributed by atoms with E-state index in [0.717, 1.165) is 68.3 Å². The van der Waals surface area contributed by atoms with Gasteiger partial charge in [-0.3, -0.25) is 9.69 Å². The number of carbonyl (C=O) groups is 3. The van der Waals surface area contributed by atoms with E-state index in [9.17, 15) is 27.6 Å². The smallest absolute Gasteiger partial charge is 0.338 e. The Morgan fingerprint density at radius 1 is 0.865 bits per heavy atom. The highest BCUT2D eigenvalue weighted by Crippen LogP contribution is 2.35. The molecule has 0 radical (unpaired) electrons. The number of fused-ring (bicyclic) bond motifs is 1. The van der Waals surface area contributed by atoms with Gasteiger partial charge in [-0.1, -0.05) is 30.7 Å². The molecule has 5 amide bonds. The van der Waals surface area contributed by atoms with Crippen molar-refractivity contribution < 1.29 is 27.6 Å². The lowest BCUT2D eigenvalue weighted by Gasteiger charge is -2.43. The minimum Gasteiger partial charge on any atom is -0.338 e. The number of alkyl halides is 3. The molecule has 0 aromatic heterocycles. The number of aryl methyl sites for hydroxylation is 3. The zero-order valence-electron chi connectivity index (χ0n) is 31.0. The number of piperidine rings is 2. The van der Waals surface area contributed by atoms with Crippen molar-refractivity contribution in [2.75, 3.05) is 71.3 Å². The third-order valence-electron chi connectivity index (χ3n) is 11.7. The number of nitrogens with one attached hydrogen (secondary N) is 2. The number of benzene rings is 2. The van der Waals surface area contributed by atoms with E-state index in [4.69, 9.17) is 0 Å².